The Morgan fingerprint density at radius 3 is 2.54 bits per heavy atom. The van der Waals surface area contributed by atoms with Crippen molar-refractivity contribution in [1.29, 1.82) is 0 Å². The summed E-state index contributed by atoms with van der Waals surface area (Å²) >= 11 is 5.95. The molecule has 7 heteroatoms. The molecule has 0 radical (unpaired) electrons. The van der Waals surface area contributed by atoms with E-state index in [2.05, 4.69) is 40.9 Å². The van der Waals surface area contributed by atoms with Gasteiger partial charge in [0.05, 0.1) is 0 Å². The molecule has 0 spiro atoms. The average Bonchev–Trinajstić information content (AvgIpc) is 2.61. The van der Waals surface area contributed by atoms with Crippen LogP contribution < -0.4 is 10.2 Å². The minimum absolute atomic E-state index is 0.0210. The van der Waals surface area contributed by atoms with Crippen molar-refractivity contribution in [2.24, 2.45) is 0 Å². The van der Waals surface area contributed by atoms with Crippen molar-refractivity contribution >= 4 is 23.4 Å². The lowest BCUT2D eigenvalue weighted by molar-refractivity contribution is 0.183. The van der Waals surface area contributed by atoms with Gasteiger partial charge in [0.25, 0.3) is 0 Å². The van der Waals surface area contributed by atoms with Crippen LogP contribution in [-0.4, -0.2) is 72.7 Å². The minimum Gasteiger partial charge on any atom is -0.353 e. The van der Waals surface area contributed by atoms with Gasteiger partial charge in [-0.3, -0.25) is 4.90 Å². The standard InChI is InChI=1S/C17H28ClN5O/c1-4-21(5-2)14(3)13-19-17(24)23-11-9-22(10-12-23)16-8-6-7-15(18)20-16/h6-8,14H,4-5,9-13H2,1-3H3,(H,19,24)/t14-/m1/s1. The third-order valence-electron chi connectivity index (χ3n) is 4.58. The number of piperazine rings is 1. The fraction of sp³-hybridized carbons (Fsp3) is 0.647. The molecule has 1 aromatic heterocycles. The molecule has 134 valence electrons. The molecule has 1 atom stereocenters. The molecular formula is C17H28ClN5O. The predicted octanol–water partition coefficient (Wildman–Crippen LogP) is 2.30. The summed E-state index contributed by atoms with van der Waals surface area (Å²) in [6.07, 6.45) is 0. The number of anilines is 1. The van der Waals surface area contributed by atoms with E-state index in [1.165, 1.54) is 0 Å². The summed E-state index contributed by atoms with van der Waals surface area (Å²) in [4.78, 5) is 23.0. The third-order valence-corrected chi connectivity index (χ3v) is 4.79. The Labute approximate surface area is 149 Å². The van der Waals surface area contributed by atoms with Crippen LogP contribution in [0.3, 0.4) is 0 Å². The summed E-state index contributed by atoms with van der Waals surface area (Å²) in [5.74, 6) is 0.873. The summed E-state index contributed by atoms with van der Waals surface area (Å²) in [6, 6.07) is 5.99. The second-order valence-corrected chi connectivity index (χ2v) is 6.44. The fourth-order valence-corrected chi connectivity index (χ4v) is 3.19. The maximum absolute atomic E-state index is 12.3. The number of nitrogens with one attached hydrogen (secondary N) is 1. The lowest BCUT2D eigenvalue weighted by Gasteiger charge is -2.36. The number of aromatic nitrogens is 1. The number of carbonyl (C=O) groups excluding carboxylic acids is 1. The maximum atomic E-state index is 12.3. The van der Waals surface area contributed by atoms with Gasteiger partial charge in [0.15, 0.2) is 0 Å². The minimum atomic E-state index is 0.0210. The number of hydrogen-bond acceptors (Lipinski definition) is 4. The van der Waals surface area contributed by atoms with Crippen LogP contribution in [0.1, 0.15) is 20.8 Å². The van der Waals surface area contributed by atoms with E-state index in [4.69, 9.17) is 11.6 Å². The van der Waals surface area contributed by atoms with E-state index in [0.717, 1.165) is 32.0 Å². The molecule has 2 rings (SSSR count). The van der Waals surface area contributed by atoms with Crippen molar-refractivity contribution in [2.45, 2.75) is 26.8 Å². The van der Waals surface area contributed by atoms with Crippen LogP contribution in [0.25, 0.3) is 0 Å². The number of halogens is 1. The zero-order chi connectivity index (χ0) is 17.5. The SMILES string of the molecule is CCN(CC)[C@H](C)CNC(=O)N1CCN(c2cccc(Cl)n2)CC1. The van der Waals surface area contributed by atoms with Crippen molar-refractivity contribution in [2.75, 3.05) is 50.7 Å². The highest BCUT2D eigenvalue weighted by Crippen LogP contribution is 2.16. The molecule has 1 aromatic rings. The highest BCUT2D eigenvalue weighted by molar-refractivity contribution is 6.29. The molecule has 1 N–H and O–H groups in total. The van der Waals surface area contributed by atoms with Gasteiger partial charge in [0, 0.05) is 38.8 Å². The monoisotopic (exact) mass is 353 g/mol. The number of carbonyl (C=O) groups is 1. The second kappa shape index (κ2) is 9.08. The zero-order valence-corrected chi connectivity index (χ0v) is 15.6. The molecule has 1 aliphatic heterocycles. The molecule has 0 saturated carbocycles. The molecule has 1 fully saturated rings. The Morgan fingerprint density at radius 2 is 1.96 bits per heavy atom. The van der Waals surface area contributed by atoms with Crippen molar-refractivity contribution in [3.63, 3.8) is 0 Å². The number of likely N-dealkylation sites (N-methyl/N-ethyl adjacent to an activating group) is 1. The summed E-state index contributed by atoms with van der Waals surface area (Å²) in [5.41, 5.74) is 0. The van der Waals surface area contributed by atoms with Crippen LogP contribution in [0.2, 0.25) is 5.15 Å². The normalized spacial score (nSPS) is 16.4. The Morgan fingerprint density at radius 1 is 1.29 bits per heavy atom. The number of amides is 2. The molecular weight excluding hydrogens is 326 g/mol. The summed E-state index contributed by atoms with van der Waals surface area (Å²) in [5, 5.41) is 3.55. The number of nitrogens with zero attached hydrogens (tertiary/aromatic N) is 4. The van der Waals surface area contributed by atoms with E-state index in [-0.39, 0.29) is 6.03 Å². The van der Waals surface area contributed by atoms with Crippen molar-refractivity contribution < 1.29 is 4.79 Å². The summed E-state index contributed by atoms with van der Waals surface area (Å²) in [6.45, 7) is 12.0. The van der Waals surface area contributed by atoms with E-state index in [9.17, 15) is 4.79 Å². The van der Waals surface area contributed by atoms with Gasteiger partial charge in [-0.2, -0.15) is 0 Å². The van der Waals surface area contributed by atoms with Gasteiger partial charge in [-0.15, -0.1) is 0 Å². The quantitative estimate of drug-likeness (QED) is 0.797. The Kier molecular flexibility index (Phi) is 7.12. The average molecular weight is 354 g/mol. The molecule has 0 aliphatic carbocycles. The molecule has 0 aromatic carbocycles. The topological polar surface area (TPSA) is 51.7 Å². The Balaban J connectivity index is 1.78. The first-order chi connectivity index (χ1) is 11.5. The largest absolute Gasteiger partial charge is 0.353 e. The highest BCUT2D eigenvalue weighted by Gasteiger charge is 2.22. The number of rotatable bonds is 6. The first-order valence-corrected chi connectivity index (χ1v) is 9.07. The maximum Gasteiger partial charge on any atom is 0.317 e. The van der Waals surface area contributed by atoms with E-state index in [1.54, 1.807) is 6.07 Å². The molecule has 0 bridgehead atoms. The van der Waals surface area contributed by atoms with E-state index in [0.29, 0.717) is 30.8 Å². The van der Waals surface area contributed by atoms with Crippen LogP contribution in [0.15, 0.2) is 18.2 Å². The molecule has 1 saturated heterocycles. The van der Waals surface area contributed by atoms with E-state index >= 15 is 0 Å². The lowest BCUT2D eigenvalue weighted by atomic mass is 10.2. The van der Waals surface area contributed by atoms with Crippen molar-refractivity contribution in [3.8, 4) is 0 Å². The Bertz CT molecular complexity index is 529. The molecule has 2 heterocycles. The molecule has 2 amide bonds. The van der Waals surface area contributed by atoms with Crippen LogP contribution in [0.5, 0.6) is 0 Å². The van der Waals surface area contributed by atoms with Gasteiger partial charge in [-0.25, -0.2) is 9.78 Å². The van der Waals surface area contributed by atoms with Gasteiger partial charge >= 0.3 is 6.03 Å². The van der Waals surface area contributed by atoms with Gasteiger partial charge in [0.2, 0.25) is 0 Å². The third kappa shape index (κ3) is 4.98. The van der Waals surface area contributed by atoms with E-state index in [1.807, 2.05) is 17.0 Å². The highest BCUT2D eigenvalue weighted by atomic mass is 35.5. The van der Waals surface area contributed by atoms with Crippen LogP contribution in [0.4, 0.5) is 10.6 Å². The summed E-state index contributed by atoms with van der Waals surface area (Å²) < 4.78 is 0. The summed E-state index contributed by atoms with van der Waals surface area (Å²) in [7, 11) is 0. The van der Waals surface area contributed by atoms with Crippen molar-refractivity contribution in [3.05, 3.63) is 23.4 Å². The smallest absolute Gasteiger partial charge is 0.317 e. The van der Waals surface area contributed by atoms with Gasteiger partial charge in [0.1, 0.15) is 11.0 Å². The van der Waals surface area contributed by atoms with Gasteiger partial charge < -0.3 is 15.1 Å². The molecule has 24 heavy (non-hydrogen) atoms. The second-order valence-electron chi connectivity index (χ2n) is 6.05. The molecule has 0 unspecified atom stereocenters. The fourth-order valence-electron chi connectivity index (χ4n) is 3.04. The first kappa shape index (κ1) is 18.8. The van der Waals surface area contributed by atoms with Crippen LogP contribution in [-0.2, 0) is 0 Å². The van der Waals surface area contributed by atoms with Gasteiger partial charge in [-0.05, 0) is 32.1 Å². The number of urea groups is 1. The van der Waals surface area contributed by atoms with Crippen LogP contribution in [0, 0.1) is 0 Å². The number of hydrogen-bond donors (Lipinski definition) is 1. The Hall–Kier alpha value is -1.53. The predicted molar refractivity (Wildman–Crippen MR) is 98.8 cm³/mol. The number of pyridine rings is 1. The van der Waals surface area contributed by atoms with Gasteiger partial charge in [-0.1, -0.05) is 31.5 Å². The first-order valence-electron chi connectivity index (χ1n) is 8.69. The molecule has 1 aliphatic rings. The van der Waals surface area contributed by atoms with Crippen LogP contribution >= 0.6 is 11.6 Å². The lowest BCUT2D eigenvalue weighted by Crippen LogP contribution is -2.53. The molecule has 6 nitrogen and oxygen atoms in total. The van der Waals surface area contributed by atoms with E-state index < -0.39 is 0 Å². The van der Waals surface area contributed by atoms with Crippen molar-refractivity contribution in [1.82, 2.24) is 20.1 Å². The zero-order valence-electron chi connectivity index (χ0n) is 14.8.